The van der Waals surface area contributed by atoms with Gasteiger partial charge in [0.05, 0.1) is 7.11 Å². The van der Waals surface area contributed by atoms with E-state index in [1.165, 1.54) is 19.6 Å². The molecule has 0 aliphatic carbocycles. The van der Waals surface area contributed by atoms with E-state index in [4.69, 9.17) is 4.55 Å². The van der Waals surface area contributed by atoms with Crippen LogP contribution in [0.4, 0.5) is 0 Å². The number of hydroxylamine groups is 1. The third-order valence-electron chi connectivity index (χ3n) is 1.84. The fourth-order valence-corrected chi connectivity index (χ4v) is 1.16. The number of amides is 1. The van der Waals surface area contributed by atoms with Crippen molar-refractivity contribution in [3.63, 3.8) is 0 Å². The number of carbonyl (C=O) groups excluding carboxylic acids is 1. The monoisotopic (exact) mass is 256 g/mol. The van der Waals surface area contributed by atoms with E-state index in [-0.39, 0.29) is 10.9 Å². The summed E-state index contributed by atoms with van der Waals surface area (Å²) in [5, 5.41) is 0. The van der Waals surface area contributed by atoms with Gasteiger partial charge in [-0.2, -0.15) is 8.42 Å². The molecule has 0 rings (SSSR count). The third-order valence-corrected chi connectivity index (χ3v) is 2.52. The fraction of sp³-hybridized carbons (Fsp3) is 0.875. The Hall–Kier alpha value is -0.700. The van der Waals surface area contributed by atoms with E-state index < -0.39 is 10.3 Å². The van der Waals surface area contributed by atoms with Gasteiger partial charge in [-0.25, -0.2) is 0 Å². The van der Waals surface area contributed by atoms with Crippen LogP contribution in [0.5, 0.6) is 0 Å². The standard InChI is InChI=1S/C6H15N.C2H5NO5S/c1-4-7(5-2)6-3;1-8-3(2-4)9(5,6)7/h4-6H2,1-3H3;2H,1H3,(H,5,6,7). The minimum absolute atomic E-state index is 0.171. The van der Waals surface area contributed by atoms with Gasteiger partial charge in [-0.3, -0.25) is 14.2 Å². The summed E-state index contributed by atoms with van der Waals surface area (Å²) >= 11 is 0. The van der Waals surface area contributed by atoms with Gasteiger partial charge in [0.15, 0.2) is 0 Å². The van der Waals surface area contributed by atoms with E-state index >= 15 is 0 Å². The second-order valence-corrected chi connectivity index (χ2v) is 3.90. The molecule has 0 saturated carbocycles. The summed E-state index contributed by atoms with van der Waals surface area (Å²) in [4.78, 5) is 15.9. The highest BCUT2D eigenvalue weighted by atomic mass is 32.2. The highest BCUT2D eigenvalue weighted by molar-refractivity contribution is 7.83. The van der Waals surface area contributed by atoms with Gasteiger partial charge >= 0.3 is 10.3 Å². The van der Waals surface area contributed by atoms with Gasteiger partial charge in [0.25, 0.3) is 6.41 Å². The SMILES string of the molecule is CCN(CC)CC.CON(C=O)S(=O)(=O)O. The van der Waals surface area contributed by atoms with E-state index in [1.807, 2.05) is 0 Å². The molecule has 0 aromatic rings. The van der Waals surface area contributed by atoms with E-state index in [0.29, 0.717) is 0 Å². The number of nitrogens with zero attached hydrogens (tertiary/aromatic N) is 2. The molecule has 0 saturated heterocycles. The van der Waals surface area contributed by atoms with E-state index in [0.717, 1.165) is 7.11 Å². The Morgan fingerprint density at radius 3 is 1.56 bits per heavy atom. The summed E-state index contributed by atoms with van der Waals surface area (Å²) in [6, 6.07) is 0. The number of hydrogen-bond donors (Lipinski definition) is 1. The van der Waals surface area contributed by atoms with Crippen LogP contribution in [0.25, 0.3) is 0 Å². The van der Waals surface area contributed by atoms with Crippen LogP contribution >= 0.6 is 0 Å². The number of hydrogen-bond acceptors (Lipinski definition) is 5. The summed E-state index contributed by atoms with van der Waals surface area (Å²) in [5.41, 5.74) is 0. The van der Waals surface area contributed by atoms with Crippen LogP contribution in [0.2, 0.25) is 0 Å². The van der Waals surface area contributed by atoms with Crippen LogP contribution in [0.1, 0.15) is 20.8 Å². The second kappa shape index (κ2) is 9.52. The summed E-state index contributed by atoms with van der Waals surface area (Å²) in [6.07, 6.45) is -0.171. The normalized spacial score (nSPS) is 10.6. The molecule has 0 atom stereocenters. The Bertz CT molecular complexity index is 258. The highest BCUT2D eigenvalue weighted by Gasteiger charge is 2.14. The zero-order valence-electron chi connectivity index (χ0n) is 10.1. The minimum Gasteiger partial charge on any atom is -0.304 e. The molecule has 0 fully saturated rings. The largest absolute Gasteiger partial charge is 0.385 e. The fourth-order valence-electron chi connectivity index (χ4n) is 0.862. The predicted molar refractivity (Wildman–Crippen MR) is 59.9 cm³/mol. The Balaban J connectivity index is 0. The van der Waals surface area contributed by atoms with Crippen molar-refractivity contribution in [3.8, 4) is 0 Å². The molecule has 0 aromatic heterocycles. The summed E-state index contributed by atoms with van der Waals surface area (Å²) in [6.45, 7) is 10.1. The molecule has 8 heteroatoms. The highest BCUT2D eigenvalue weighted by Crippen LogP contribution is 1.90. The molecule has 0 radical (unpaired) electrons. The first kappa shape index (κ1) is 17.7. The molecular formula is C8H20N2O5S. The molecule has 16 heavy (non-hydrogen) atoms. The van der Waals surface area contributed by atoms with E-state index in [1.54, 1.807) is 0 Å². The maximum Gasteiger partial charge on any atom is 0.385 e. The first-order valence-electron chi connectivity index (χ1n) is 4.85. The second-order valence-electron chi connectivity index (χ2n) is 2.64. The zero-order chi connectivity index (χ0) is 13.2. The van der Waals surface area contributed by atoms with Gasteiger partial charge in [0, 0.05) is 0 Å². The van der Waals surface area contributed by atoms with Crippen molar-refractivity contribution in [2.45, 2.75) is 20.8 Å². The molecule has 98 valence electrons. The van der Waals surface area contributed by atoms with E-state index in [9.17, 15) is 13.2 Å². The minimum atomic E-state index is -4.52. The molecule has 0 spiro atoms. The van der Waals surface area contributed by atoms with Crippen molar-refractivity contribution in [1.29, 1.82) is 0 Å². The predicted octanol–water partition coefficient (Wildman–Crippen LogP) is 0.157. The van der Waals surface area contributed by atoms with Gasteiger partial charge < -0.3 is 4.90 Å². The smallest absolute Gasteiger partial charge is 0.304 e. The quantitative estimate of drug-likeness (QED) is 0.414. The molecular weight excluding hydrogens is 236 g/mol. The van der Waals surface area contributed by atoms with Crippen LogP contribution in [0.3, 0.4) is 0 Å². The van der Waals surface area contributed by atoms with Crippen molar-refractivity contribution in [3.05, 3.63) is 0 Å². The van der Waals surface area contributed by atoms with E-state index in [2.05, 4.69) is 30.5 Å². The molecule has 7 nitrogen and oxygen atoms in total. The van der Waals surface area contributed by atoms with Crippen molar-refractivity contribution in [2.75, 3.05) is 26.7 Å². The lowest BCUT2D eigenvalue weighted by Gasteiger charge is -2.13. The lowest BCUT2D eigenvalue weighted by atomic mass is 10.5. The molecule has 0 bridgehead atoms. The van der Waals surface area contributed by atoms with Crippen molar-refractivity contribution >= 4 is 16.7 Å². The van der Waals surface area contributed by atoms with Gasteiger partial charge in [0.1, 0.15) is 0 Å². The van der Waals surface area contributed by atoms with Crippen LogP contribution in [0, 0.1) is 0 Å². The van der Waals surface area contributed by atoms with Crippen LogP contribution in [-0.4, -0.2) is 55.5 Å². The molecule has 0 aliphatic rings. The van der Waals surface area contributed by atoms with Gasteiger partial charge in [0.2, 0.25) is 0 Å². The summed E-state index contributed by atoms with van der Waals surface area (Å²) in [5.74, 6) is 0. The number of rotatable bonds is 6. The Labute approximate surface area is 96.8 Å². The molecule has 1 N–H and O–H groups in total. The van der Waals surface area contributed by atoms with Crippen LogP contribution in [0.15, 0.2) is 0 Å². The Morgan fingerprint density at radius 1 is 1.19 bits per heavy atom. The van der Waals surface area contributed by atoms with Gasteiger partial charge in [-0.05, 0) is 19.6 Å². The van der Waals surface area contributed by atoms with Gasteiger partial charge in [-0.1, -0.05) is 25.2 Å². The lowest BCUT2D eigenvalue weighted by molar-refractivity contribution is -0.138. The molecule has 1 amide bonds. The average Bonchev–Trinajstić information content (AvgIpc) is 2.21. The first-order valence-corrected chi connectivity index (χ1v) is 6.25. The lowest BCUT2D eigenvalue weighted by Crippen LogP contribution is -2.27. The Morgan fingerprint density at radius 2 is 1.56 bits per heavy atom. The van der Waals surface area contributed by atoms with Crippen molar-refractivity contribution in [2.24, 2.45) is 0 Å². The third kappa shape index (κ3) is 8.60. The van der Waals surface area contributed by atoms with Gasteiger partial charge in [-0.15, -0.1) is 0 Å². The average molecular weight is 256 g/mol. The molecule has 0 unspecified atom stereocenters. The molecule has 0 aliphatic heterocycles. The van der Waals surface area contributed by atoms with Crippen LogP contribution in [-0.2, 0) is 19.9 Å². The zero-order valence-corrected chi connectivity index (χ0v) is 10.9. The first-order chi connectivity index (χ1) is 7.37. The maximum absolute atomic E-state index is 9.92. The van der Waals surface area contributed by atoms with Crippen molar-refractivity contribution in [1.82, 2.24) is 9.37 Å². The number of carbonyl (C=O) groups is 1. The molecule has 0 heterocycles. The van der Waals surface area contributed by atoms with Crippen molar-refractivity contribution < 1.29 is 22.6 Å². The summed E-state index contributed by atoms with van der Waals surface area (Å²) < 4.78 is 27.6. The maximum atomic E-state index is 9.92. The Kier molecular flexibility index (Phi) is 10.5. The summed E-state index contributed by atoms with van der Waals surface area (Å²) in [7, 11) is -3.59. The molecule has 0 aromatic carbocycles. The topological polar surface area (TPSA) is 87.2 Å². The van der Waals surface area contributed by atoms with Crippen LogP contribution < -0.4 is 0 Å².